The Kier molecular flexibility index (Phi) is 3.72. The Balaban J connectivity index is 1.81. The number of para-hydroxylation sites is 1. The van der Waals surface area contributed by atoms with E-state index in [0.29, 0.717) is 6.61 Å². The molecule has 112 valence electrons. The van der Waals surface area contributed by atoms with Crippen LogP contribution in [0.15, 0.2) is 60.8 Å². The second-order valence-electron chi connectivity index (χ2n) is 5.93. The zero-order valence-corrected chi connectivity index (χ0v) is 12.8. The lowest BCUT2D eigenvalue weighted by atomic mass is 9.84. The van der Waals surface area contributed by atoms with E-state index >= 15 is 0 Å². The van der Waals surface area contributed by atoms with Crippen molar-refractivity contribution in [3.8, 4) is 0 Å². The Labute approximate surface area is 129 Å². The van der Waals surface area contributed by atoms with E-state index in [2.05, 4.69) is 4.98 Å². The topological polar surface area (TPSA) is 42.1 Å². The highest BCUT2D eigenvalue weighted by molar-refractivity contribution is 5.92. The molecule has 2 aromatic carbocycles. The van der Waals surface area contributed by atoms with Gasteiger partial charge in [0.2, 0.25) is 0 Å². The lowest BCUT2D eigenvalue weighted by Crippen LogP contribution is -2.30. The molecule has 0 fully saturated rings. The van der Waals surface area contributed by atoms with Crippen molar-refractivity contribution in [3.63, 3.8) is 0 Å². The van der Waals surface area contributed by atoms with Gasteiger partial charge in [0.05, 0.1) is 5.41 Å². The predicted octanol–water partition coefficient (Wildman–Crippen LogP) is 4.19. The minimum atomic E-state index is -0.700. The molecule has 3 heteroatoms. The molecule has 0 unspecified atom stereocenters. The van der Waals surface area contributed by atoms with Gasteiger partial charge in [0, 0.05) is 17.1 Å². The van der Waals surface area contributed by atoms with Crippen LogP contribution in [0, 0.1) is 0 Å². The molecular weight excluding hydrogens is 274 g/mol. The van der Waals surface area contributed by atoms with Gasteiger partial charge in [-0.1, -0.05) is 48.5 Å². The molecule has 0 aliphatic carbocycles. The molecule has 0 amide bonds. The van der Waals surface area contributed by atoms with Crippen molar-refractivity contribution in [2.24, 2.45) is 0 Å². The number of fused-ring (bicyclic) bond motifs is 1. The number of aromatic nitrogens is 1. The first-order valence-corrected chi connectivity index (χ1v) is 7.37. The molecule has 0 radical (unpaired) electrons. The molecule has 1 heterocycles. The fraction of sp³-hybridized carbons (Fsp3) is 0.211. The van der Waals surface area contributed by atoms with E-state index in [0.717, 1.165) is 22.0 Å². The third-order valence-electron chi connectivity index (χ3n) is 3.99. The molecule has 0 spiro atoms. The molecule has 0 aliphatic rings. The van der Waals surface area contributed by atoms with Crippen molar-refractivity contribution in [2.75, 3.05) is 0 Å². The van der Waals surface area contributed by atoms with Gasteiger partial charge in [-0.05, 0) is 31.0 Å². The molecule has 0 bridgehead atoms. The minimum Gasteiger partial charge on any atom is -0.460 e. The summed E-state index contributed by atoms with van der Waals surface area (Å²) in [6.07, 6.45) is 1.90. The van der Waals surface area contributed by atoms with Gasteiger partial charge in [-0.15, -0.1) is 0 Å². The summed E-state index contributed by atoms with van der Waals surface area (Å²) in [7, 11) is 0. The van der Waals surface area contributed by atoms with E-state index < -0.39 is 5.41 Å². The summed E-state index contributed by atoms with van der Waals surface area (Å²) in [6, 6.07) is 17.7. The Morgan fingerprint density at radius 2 is 1.73 bits per heavy atom. The standard InChI is InChI=1S/C19H19NO2/c1-19(2,16-12-20-17-11-7-6-10-15(16)17)18(21)22-13-14-8-4-3-5-9-14/h3-12,20H,13H2,1-2H3. The molecule has 0 saturated heterocycles. The zero-order chi connectivity index (χ0) is 15.6. The highest BCUT2D eigenvalue weighted by Crippen LogP contribution is 2.31. The maximum atomic E-state index is 12.5. The van der Waals surface area contributed by atoms with Crippen LogP contribution in [-0.2, 0) is 21.6 Å². The van der Waals surface area contributed by atoms with Crippen LogP contribution in [0.3, 0.4) is 0 Å². The van der Waals surface area contributed by atoms with E-state index in [-0.39, 0.29) is 5.97 Å². The van der Waals surface area contributed by atoms with Crippen LogP contribution >= 0.6 is 0 Å². The number of nitrogens with one attached hydrogen (secondary N) is 1. The maximum absolute atomic E-state index is 12.5. The summed E-state index contributed by atoms with van der Waals surface area (Å²) >= 11 is 0. The average Bonchev–Trinajstić information content (AvgIpc) is 2.98. The van der Waals surface area contributed by atoms with Crippen LogP contribution in [0.1, 0.15) is 25.0 Å². The molecule has 1 N–H and O–H groups in total. The third kappa shape index (κ3) is 2.62. The molecule has 0 atom stereocenters. The number of rotatable bonds is 4. The van der Waals surface area contributed by atoms with Gasteiger partial charge in [0.25, 0.3) is 0 Å². The minimum absolute atomic E-state index is 0.221. The highest BCUT2D eigenvalue weighted by Gasteiger charge is 2.33. The number of aromatic amines is 1. The molecule has 1 aromatic heterocycles. The molecule has 0 aliphatic heterocycles. The van der Waals surface area contributed by atoms with Crippen LogP contribution in [-0.4, -0.2) is 11.0 Å². The number of hydrogen-bond donors (Lipinski definition) is 1. The Morgan fingerprint density at radius 3 is 2.50 bits per heavy atom. The van der Waals surface area contributed by atoms with E-state index in [1.807, 2.05) is 74.6 Å². The summed E-state index contributed by atoms with van der Waals surface area (Å²) < 4.78 is 5.51. The second kappa shape index (κ2) is 5.68. The number of carbonyl (C=O) groups is 1. The highest BCUT2D eigenvalue weighted by atomic mass is 16.5. The van der Waals surface area contributed by atoms with Crippen LogP contribution in [0.5, 0.6) is 0 Å². The molecule has 3 rings (SSSR count). The van der Waals surface area contributed by atoms with Gasteiger partial charge in [0.1, 0.15) is 6.61 Å². The monoisotopic (exact) mass is 293 g/mol. The fourth-order valence-electron chi connectivity index (χ4n) is 2.60. The molecular formula is C19H19NO2. The normalized spacial score (nSPS) is 11.5. The SMILES string of the molecule is CC(C)(C(=O)OCc1ccccc1)c1c[nH]c2ccccc12. The third-order valence-corrected chi connectivity index (χ3v) is 3.99. The van der Waals surface area contributed by atoms with Gasteiger partial charge in [-0.3, -0.25) is 4.79 Å². The number of esters is 1. The summed E-state index contributed by atoms with van der Waals surface area (Å²) in [4.78, 5) is 15.8. The van der Waals surface area contributed by atoms with Crippen molar-refractivity contribution < 1.29 is 9.53 Å². The summed E-state index contributed by atoms with van der Waals surface area (Å²) in [5, 5.41) is 1.06. The number of hydrogen-bond acceptors (Lipinski definition) is 2. The summed E-state index contributed by atoms with van der Waals surface area (Å²) in [5.41, 5.74) is 2.28. The predicted molar refractivity (Wildman–Crippen MR) is 87.6 cm³/mol. The number of H-pyrrole nitrogens is 1. The molecule has 22 heavy (non-hydrogen) atoms. The van der Waals surface area contributed by atoms with Crippen molar-refractivity contribution in [1.82, 2.24) is 4.98 Å². The van der Waals surface area contributed by atoms with Crippen LogP contribution in [0.2, 0.25) is 0 Å². The van der Waals surface area contributed by atoms with E-state index in [1.165, 1.54) is 0 Å². The van der Waals surface area contributed by atoms with Gasteiger partial charge in [-0.2, -0.15) is 0 Å². The lowest BCUT2D eigenvalue weighted by Gasteiger charge is -2.22. The van der Waals surface area contributed by atoms with E-state index in [4.69, 9.17) is 4.74 Å². The summed E-state index contributed by atoms with van der Waals surface area (Å²) in [5.74, 6) is -0.221. The second-order valence-corrected chi connectivity index (χ2v) is 5.93. The smallest absolute Gasteiger partial charge is 0.316 e. The largest absolute Gasteiger partial charge is 0.460 e. The molecule has 3 aromatic rings. The van der Waals surface area contributed by atoms with E-state index in [9.17, 15) is 4.79 Å². The first-order chi connectivity index (χ1) is 10.6. The van der Waals surface area contributed by atoms with Gasteiger partial charge in [-0.25, -0.2) is 0 Å². The van der Waals surface area contributed by atoms with Gasteiger partial charge in [0.15, 0.2) is 0 Å². The summed E-state index contributed by atoms with van der Waals surface area (Å²) in [6.45, 7) is 4.09. The Hall–Kier alpha value is -2.55. The Morgan fingerprint density at radius 1 is 1.05 bits per heavy atom. The van der Waals surface area contributed by atoms with Crippen LogP contribution in [0.4, 0.5) is 0 Å². The van der Waals surface area contributed by atoms with Crippen molar-refractivity contribution in [2.45, 2.75) is 25.9 Å². The van der Waals surface area contributed by atoms with Crippen molar-refractivity contribution in [1.29, 1.82) is 0 Å². The van der Waals surface area contributed by atoms with Crippen molar-refractivity contribution in [3.05, 3.63) is 71.9 Å². The van der Waals surface area contributed by atoms with Crippen LogP contribution < -0.4 is 0 Å². The maximum Gasteiger partial charge on any atom is 0.316 e. The molecule has 0 saturated carbocycles. The Bertz CT molecular complexity index is 787. The van der Waals surface area contributed by atoms with Gasteiger partial charge < -0.3 is 9.72 Å². The number of ether oxygens (including phenoxy) is 1. The lowest BCUT2D eigenvalue weighted by molar-refractivity contribution is -0.150. The number of benzene rings is 2. The molecule has 3 nitrogen and oxygen atoms in total. The number of carbonyl (C=O) groups excluding carboxylic acids is 1. The fourth-order valence-corrected chi connectivity index (χ4v) is 2.60. The van der Waals surface area contributed by atoms with E-state index in [1.54, 1.807) is 0 Å². The van der Waals surface area contributed by atoms with Gasteiger partial charge >= 0.3 is 5.97 Å². The van der Waals surface area contributed by atoms with Crippen molar-refractivity contribution >= 4 is 16.9 Å². The zero-order valence-electron chi connectivity index (χ0n) is 12.8. The quantitative estimate of drug-likeness (QED) is 0.733. The first kappa shape index (κ1) is 14.4. The average molecular weight is 293 g/mol. The first-order valence-electron chi connectivity index (χ1n) is 7.37. The van der Waals surface area contributed by atoms with Crippen LogP contribution in [0.25, 0.3) is 10.9 Å².